The smallest absolute Gasteiger partial charge is 0.411 e. The molecule has 8 heteroatoms. The molecule has 0 radical (unpaired) electrons. The van der Waals surface area contributed by atoms with Crippen LogP contribution in [0, 0.1) is 16.0 Å². The number of nitro benzene ring substituents is 1. The van der Waals surface area contributed by atoms with Gasteiger partial charge in [-0.1, -0.05) is 13.3 Å². The number of nitrogens with zero attached hydrogens (tertiary/aromatic N) is 1. The molecule has 0 heterocycles. The zero-order valence-corrected chi connectivity index (χ0v) is 14.4. The lowest BCUT2D eigenvalue weighted by molar-refractivity contribution is -0.383. The largest absolute Gasteiger partial charge is 0.453 e. The minimum Gasteiger partial charge on any atom is -0.453 e. The lowest BCUT2D eigenvalue weighted by Crippen LogP contribution is -2.15. The predicted molar refractivity (Wildman–Crippen MR) is 94.4 cm³/mol. The third-order valence-electron chi connectivity index (χ3n) is 3.51. The molecule has 7 nitrogen and oxygen atoms in total. The van der Waals surface area contributed by atoms with Crippen molar-refractivity contribution in [2.45, 2.75) is 19.8 Å². The molecule has 0 fully saturated rings. The van der Waals surface area contributed by atoms with E-state index in [1.807, 2.05) is 0 Å². The summed E-state index contributed by atoms with van der Waals surface area (Å²) in [5, 5.41) is 16.8. The lowest BCUT2D eigenvalue weighted by atomic mass is 10.0. The predicted octanol–water partition coefficient (Wildman–Crippen LogP) is 3.96. The molecule has 0 saturated carbocycles. The van der Waals surface area contributed by atoms with E-state index in [0.717, 1.165) is 18.6 Å². The van der Waals surface area contributed by atoms with Gasteiger partial charge in [-0.3, -0.25) is 15.4 Å². The van der Waals surface area contributed by atoms with Crippen molar-refractivity contribution in [3.63, 3.8) is 0 Å². The molecule has 1 unspecified atom stereocenters. The first-order valence-electron chi connectivity index (χ1n) is 7.38. The maximum atomic E-state index is 11.2. The summed E-state index contributed by atoms with van der Waals surface area (Å²) in [7, 11) is 1.24. The SMILES string of the molecule is CCC(CCSC)CNc1ccc(NC(=O)OC)cc1[N+](=O)[O-]. The number of rotatable bonds is 9. The first-order valence-corrected chi connectivity index (χ1v) is 8.77. The Morgan fingerprint density at radius 2 is 2.22 bits per heavy atom. The normalized spacial score (nSPS) is 11.6. The Balaban J connectivity index is 2.81. The molecule has 0 aromatic heterocycles. The fourth-order valence-electron chi connectivity index (χ4n) is 2.07. The minimum absolute atomic E-state index is 0.0707. The van der Waals surface area contributed by atoms with Crippen LogP contribution >= 0.6 is 11.8 Å². The number of hydrogen-bond donors (Lipinski definition) is 2. The van der Waals surface area contributed by atoms with Gasteiger partial charge in [0.15, 0.2) is 0 Å². The van der Waals surface area contributed by atoms with Crippen LogP contribution in [-0.4, -0.2) is 36.7 Å². The number of nitrogens with one attached hydrogen (secondary N) is 2. The summed E-state index contributed by atoms with van der Waals surface area (Å²) in [6, 6.07) is 4.53. The van der Waals surface area contributed by atoms with Gasteiger partial charge < -0.3 is 10.1 Å². The Morgan fingerprint density at radius 3 is 2.78 bits per heavy atom. The number of benzene rings is 1. The Labute approximate surface area is 140 Å². The summed E-state index contributed by atoms with van der Waals surface area (Å²) in [5.41, 5.74) is 0.704. The molecule has 0 saturated heterocycles. The number of methoxy groups -OCH3 is 1. The van der Waals surface area contributed by atoms with Gasteiger partial charge in [0.1, 0.15) is 5.69 Å². The van der Waals surface area contributed by atoms with Crippen LogP contribution in [0.4, 0.5) is 21.9 Å². The van der Waals surface area contributed by atoms with Gasteiger partial charge in [-0.2, -0.15) is 11.8 Å². The van der Waals surface area contributed by atoms with E-state index < -0.39 is 11.0 Å². The molecule has 1 aromatic carbocycles. The van der Waals surface area contributed by atoms with Crippen LogP contribution in [0.5, 0.6) is 0 Å². The summed E-state index contributed by atoms with van der Waals surface area (Å²) in [6.07, 6.45) is 3.49. The second kappa shape index (κ2) is 9.94. The van der Waals surface area contributed by atoms with Gasteiger partial charge in [0, 0.05) is 12.6 Å². The number of anilines is 2. The number of thioether (sulfide) groups is 1. The average molecular weight is 341 g/mol. The van der Waals surface area contributed by atoms with Gasteiger partial charge in [0.2, 0.25) is 0 Å². The quantitative estimate of drug-likeness (QED) is 0.521. The number of ether oxygens (including phenoxy) is 1. The molecule has 23 heavy (non-hydrogen) atoms. The minimum atomic E-state index is -0.664. The monoisotopic (exact) mass is 341 g/mol. The Hall–Kier alpha value is -1.96. The van der Waals surface area contributed by atoms with E-state index in [9.17, 15) is 14.9 Å². The summed E-state index contributed by atoms with van der Waals surface area (Å²) < 4.78 is 4.48. The second-order valence-electron chi connectivity index (χ2n) is 5.04. The molecule has 0 aliphatic rings. The highest BCUT2D eigenvalue weighted by molar-refractivity contribution is 7.98. The van der Waals surface area contributed by atoms with Crippen molar-refractivity contribution in [1.82, 2.24) is 0 Å². The van der Waals surface area contributed by atoms with E-state index in [2.05, 4.69) is 28.5 Å². The van der Waals surface area contributed by atoms with Crippen LogP contribution in [0.25, 0.3) is 0 Å². The summed E-state index contributed by atoms with van der Waals surface area (Å²) >= 11 is 1.80. The number of carbonyl (C=O) groups excluding carboxylic acids is 1. The van der Waals surface area contributed by atoms with Gasteiger partial charge in [-0.25, -0.2) is 4.79 Å². The molecule has 0 aliphatic carbocycles. The number of nitro groups is 1. The molecular formula is C15H23N3O4S. The van der Waals surface area contributed by atoms with E-state index >= 15 is 0 Å². The molecule has 1 aromatic rings. The number of carbonyl (C=O) groups is 1. The Kier molecular flexibility index (Phi) is 8.25. The van der Waals surface area contributed by atoms with E-state index in [-0.39, 0.29) is 5.69 Å². The zero-order chi connectivity index (χ0) is 17.2. The van der Waals surface area contributed by atoms with Crippen molar-refractivity contribution in [3.8, 4) is 0 Å². The molecule has 1 amide bonds. The van der Waals surface area contributed by atoms with Crippen LogP contribution < -0.4 is 10.6 Å². The number of hydrogen-bond acceptors (Lipinski definition) is 6. The summed E-state index contributed by atoms with van der Waals surface area (Å²) in [6.45, 7) is 2.80. The van der Waals surface area contributed by atoms with Crippen molar-refractivity contribution in [3.05, 3.63) is 28.3 Å². The van der Waals surface area contributed by atoms with Crippen LogP contribution in [-0.2, 0) is 4.74 Å². The van der Waals surface area contributed by atoms with E-state index in [4.69, 9.17) is 0 Å². The maximum absolute atomic E-state index is 11.2. The van der Waals surface area contributed by atoms with Gasteiger partial charge in [0.05, 0.1) is 17.7 Å². The third kappa shape index (κ3) is 6.35. The van der Waals surface area contributed by atoms with Crippen molar-refractivity contribution in [2.75, 3.05) is 36.3 Å². The molecule has 1 atom stereocenters. The van der Waals surface area contributed by atoms with Crippen molar-refractivity contribution >= 4 is 34.9 Å². The Morgan fingerprint density at radius 1 is 1.48 bits per heavy atom. The molecule has 0 aliphatic heterocycles. The molecule has 0 bridgehead atoms. The topological polar surface area (TPSA) is 93.5 Å². The highest BCUT2D eigenvalue weighted by Gasteiger charge is 2.16. The highest BCUT2D eigenvalue weighted by Crippen LogP contribution is 2.28. The molecule has 128 valence electrons. The lowest BCUT2D eigenvalue weighted by Gasteiger charge is -2.16. The third-order valence-corrected chi connectivity index (χ3v) is 4.16. The van der Waals surface area contributed by atoms with Crippen LogP contribution in [0.3, 0.4) is 0 Å². The number of amides is 1. The zero-order valence-electron chi connectivity index (χ0n) is 13.6. The van der Waals surface area contributed by atoms with Crippen LogP contribution in [0.15, 0.2) is 18.2 Å². The molecular weight excluding hydrogens is 318 g/mol. The van der Waals surface area contributed by atoms with E-state index in [0.29, 0.717) is 23.8 Å². The first-order chi connectivity index (χ1) is 11.0. The van der Waals surface area contributed by atoms with Gasteiger partial charge >= 0.3 is 6.09 Å². The standard InChI is InChI=1S/C15H23N3O4S/c1-4-11(7-8-23-3)10-16-13-6-5-12(17-15(19)22-2)9-14(13)18(20)21/h5-6,9,11,16H,4,7-8,10H2,1-3H3,(H,17,19). The summed E-state index contributed by atoms with van der Waals surface area (Å²) in [5.74, 6) is 1.54. The molecule has 0 spiro atoms. The van der Waals surface area contributed by atoms with E-state index in [1.54, 1.807) is 23.9 Å². The van der Waals surface area contributed by atoms with Crippen LogP contribution in [0.2, 0.25) is 0 Å². The van der Waals surface area contributed by atoms with Crippen molar-refractivity contribution < 1.29 is 14.5 Å². The second-order valence-corrected chi connectivity index (χ2v) is 6.03. The molecule has 1 rings (SSSR count). The van der Waals surface area contributed by atoms with Crippen molar-refractivity contribution in [2.24, 2.45) is 5.92 Å². The van der Waals surface area contributed by atoms with Gasteiger partial charge in [-0.05, 0) is 36.5 Å². The van der Waals surface area contributed by atoms with Gasteiger partial charge in [0.25, 0.3) is 5.69 Å². The maximum Gasteiger partial charge on any atom is 0.411 e. The van der Waals surface area contributed by atoms with E-state index in [1.165, 1.54) is 13.2 Å². The van der Waals surface area contributed by atoms with Crippen molar-refractivity contribution in [1.29, 1.82) is 0 Å². The van der Waals surface area contributed by atoms with Crippen LogP contribution in [0.1, 0.15) is 19.8 Å². The fraction of sp³-hybridized carbons (Fsp3) is 0.533. The first kappa shape index (κ1) is 19.1. The van der Waals surface area contributed by atoms with Gasteiger partial charge in [-0.15, -0.1) is 0 Å². The molecule has 2 N–H and O–H groups in total. The Bertz CT molecular complexity index is 539. The highest BCUT2D eigenvalue weighted by atomic mass is 32.2. The fourth-order valence-corrected chi connectivity index (χ4v) is 2.64. The summed E-state index contributed by atoms with van der Waals surface area (Å²) in [4.78, 5) is 21.9. The average Bonchev–Trinajstić information content (AvgIpc) is 2.55.